The summed E-state index contributed by atoms with van der Waals surface area (Å²) in [7, 11) is 0. The van der Waals surface area contributed by atoms with Gasteiger partial charge in [-0.2, -0.15) is 0 Å². The van der Waals surface area contributed by atoms with E-state index in [4.69, 9.17) is 0 Å². The van der Waals surface area contributed by atoms with Crippen LogP contribution in [0.1, 0.15) is 33.6 Å². The summed E-state index contributed by atoms with van der Waals surface area (Å²) in [6.07, 6.45) is 2.05. The highest BCUT2D eigenvalue weighted by Crippen LogP contribution is 2.11. The Labute approximate surface area is 128 Å². The summed E-state index contributed by atoms with van der Waals surface area (Å²) in [6, 6.07) is 11.3. The molecule has 0 aliphatic rings. The number of hydrogen-bond acceptors (Lipinski definition) is 3. The first-order valence-corrected chi connectivity index (χ1v) is 7.72. The number of nitrogens with one attached hydrogen (secondary N) is 2. The second kappa shape index (κ2) is 7.59. The molecule has 0 unspecified atom stereocenters. The Bertz CT molecular complexity index is 608. The van der Waals surface area contributed by atoms with Crippen molar-refractivity contribution >= 4 is 23.2 Å². The molecule has 0 fully saturated rings. The molecule has 1 aromatic carbocycles. The quantitative estimate of drug-likeness (QED) is 0.834. The van der Waals surface area contributed by atoms with Crippen molar-refractivity contribution in [3.63, 3.8) is 0 Å². The standard InChI is InChI=1S/C16H18N2O2S/c1-12-6-2-3-9-14(12)16(20)18-17-15(19)10-4-7-13-8-5-11-21-13/h2-3,5-6,8-9,11H,4,7,10H2,1H3,(H,17,19)(H,18,20). The lowest BCUT2D eigenvalue weighted by atomic mass is 10.1. The molecule has 110 valence electrons. The van der Waals surface area contributed by atoms with Gasteiger partial charge < -0.3 is 0 Å². The van der Waals surface area contributed by atoms with Gasteiger partial charge in [0.1, 0.15) is 0 Å². The fourth-order valence-electron chi connectivity index (χ4n) is 1.96. The van der Waals surface area contributed by atoms with E-state index in [0.29, 0.717) is 12.0 Å². The Morgan fingerprint density at radius 3 is 2.62 bits per heavy atom. The van der Waals surface area contributed by atoms with Crippen molar-refractivity contribution in [3.05, 3.63) is 57.8 Å². The maximum Gasteiger partial charge on any atom is 0.269 e. The fraction of sp³-hybridized carbons (Fsp3) is 0.250. The van der Waals surface area contributed by atoms with Gasteiger partial charge in [-0.15, -0.1) is 11.3 Å². The third kappa shape index (κ3) is 4.72. The molecule has 1 aromatic heterocycles. The average molecular weight is 302 g/mol. The summed E-state index contributed by atoms with van der Waals surface area (Å²) in [6.45, 7) is 1.86. The molecular formula is C16H18N2O2S. The van der Waals surface area contributed by atoms with Crippen LogP contribution in [0.25, 0.3) is 0 Å². The maximum absolute atomic E-state index is 11.9. The average Bonchev–Trinajstić information content (AvgIpc) is 2.98. The second-order valence-electron chi connectivity index (χ2n) is 4.75. The van der Waals surface area contributed by atoms with Crippen LogP contribution in [0.15, 0.2) is 41.8 Å². The van der Waals surface area contributed by atoms with Gasteiger partial charge in [0, 0.05) is 16.9 Å². The van der Waals surface area contributed by atoms with Crippen molar-refractivity contribution in [2.75, 3.05) is 0 Å². The van der Waals surface area contributed by atoms with Gasteiger partial charge in [0.05, 0.1) is 0 Å². The highest BCUT2D eigenvalue weighted by atomic mass is 32.1. The highest BCUT2D eigenvalue weighted by Gasteiger charge is 2.09. The largest absolute Gasteiger partial charge is 0.273 e. The highest BCUT2D eigenvalue weighted by molar-refractivity contribution is 7.09. The van der Waals surface area contributed by atoms with E-state index in [9.17, 15) is 9.59 Å². The van der Waals surface area contributed by atoms with Crippen LogP contribution in [0, 0.1) is 6.92 Å². The minimum atomic E-state index is -0.292. The molecule has 0 radical (unpaired) electrons. The second-order valence-corrected chi connectivity index (χ2v) is 5.78. The molecule has 2 N–H and O–H groups in total. The van der Waals surface area contributed by atoms with Crippen molar-refractivity contribution < 1.29 is 9.59 Å². The smallest absolute Gasteiger partial charge is 0.269 e. The summed E-state index contributed by atoms with van der Waals surface area (Å²) < 4.78 is 0. The van der Waals surface area contributed by atoms with Crippen LogP contribution in [0.3, 0.4) is 0 Å². The predicted octanol–water partition coefficient (Wildman–Crippen LogP) is 2.84. The Morgan fingerprint density at radius 2 is 1.90 bits per heavy atom. The molecule has 0 saturated heterocycles. The van der Waals surface area contributed by atoms with Gasteiger partial charge in [-0.25, -0.2) is 0 Å². The van der Waals surface area contributed by atoms with Crippen molar-refractivity contribution in [3.8, 4) is 0 Å². The topological polar surface area (TPSA) is 58.2 Å². The molecule has 4 nitrogen and oxygen atoms in total. The Hall–Kier alpha value is -2.14. The number of hydrazine groups is 1. The molecular weight excluding hydrogens is 284 g/mol. The molecule has 0 aliphatic heterocycles. The molecule has 1 heterocycles. The number of carbonyl (C=O) groups is 2. The molecule has 2 amide bonds. The van der Waals surface area contributed by atoms with Gasteiger partial charge in [0.15, 0.2) is 0 Å². The van der Waals surface area contributed by atoms with Crippen molar-refractivity contribution in [2.24, 2.45) is 0 Å². The lowest BCUT2D eigenvalue weighted by molar-refractivity contribution is -0.121. The van der Waals surface area contributed by atoms with Gasteiger partial charge >= 0.3 is 0 Å². The molecule has 0 bridgehead atoms. The van der Waals surface area contributed by atoms with E-state index in [0.717, 1.165) is 18.4 Å². The van der Waals surface area contributed by atoms with E-state index in [-0.39, 0.29) is 11.8 Å². The third-order valence-corrected chi connectivity index (χ3v) is 4.05. The van der Waals surface area contributed by atoms with E-state index >= 15 is 0 Å². The van der Waals surface area contributed by atoms with Gasteiger partial charge in [-0.3, -0.25) is 20.4 Å². The van der Waals surface area contributed by atoms with Gasteiger partial charge in [0.2, 0.25) is 5.91 Å². The van der Waals surface area contributed by atoms with E-state index < -0.39 is 0 Å². The third-order valence-electron chi connectivity index (χ3n) is 3.11. The van der Waals surface area contributed by atoms with Crippen LogP contribution in [0.2, 0.25) is 0 Å². The minimum Gasteiger partial charge on any atom is -0.273 e. The molecule has 0 spiro atoms. The number of hydrogen-bond donors (Lipinski definition) is 2. The van der Waals surface area contributed by atoms with Gasteiger partial charge in [-0.05, 0) is 42.8 Å². The number of benzene rings is 1. The summed E-state index contributed by atoms with van der Waals surface area (Å²) in [5, 5.41) is 2.03. The van der Waals surface area contributed by atoms with E-state index in [1.165, 1.54) is 4.88 Å². The Kier molecular flexibility index (Phi) is 5.51. The minimum absolute atomic E-state index is 0.173. The van der Waals surface area contributed by atoms with Gasteiger partial charge in [0.25, 0.3) is 5.91 Å². The van der Waals surface area contributed by atoms with Crippen LogP contribution >= 0.6 is 11.3 Å². The van der Waals surface area contributed by atoms with Crippen LogP contribution in [-0.4, -0.2) is 11.8 Å². The first-order chi connectivity index (χ1) is 10.2. The van der Waals surface area contributed by atoms with Crippen molar-refractivity contribution in [1.82, 2.24) is 10.9 Å². The predicted molar refractivity (Wildman–Crippen MR) is 84.0 cm³/mol. The lowest BCUT2D eigenvalue weighted by Crippen LogP contribution is -2.41. The van der Waals surface area contributed by atoms with Crippen molar-refractivity contribution in [1.29, 1.82) is 0 Å². The van der Waals surface area contributed by atoms with E-state index in [1.807, 2.05) is 30.5 Å². The van der Waals surface area contributed by atoms with Crippen LogP contribution in [0.4, 0.5) is 0 Å². The zero-order valence-electron chi connectivity index (χ0n) is 11.9. The van der Waals surface area contributed by atoms with E-state index in [1.54, 1.807) is 23.5 Å². The van der Waals surface area contributed by atoms with Crippen LogP contribution < -0.4 is 10.9 Å². The molecule has 0 atom stereocenters. The number of carbonyl (C=O) groups excluding carboxylic acids is 2. The molecule has 0 saturated carbocycles. The van der Waals surface area contributed by atoms with Crippen LogP contribution in [-0.2, 0) is 11.2 Å². The molecule has 21 heavy (non-hydrogen) atoms. The monoisotopic (exact) mass is 302 g/mol. The zero-order chi connectivity index (χ0) is 15.1. The number of amides is 2. The van der Waals surface area contributed by atoms with Gasteiger partial charge in [-0.1, -0.05) is 24.3 Å². The number of rotatable bonds is 5. The first kappa shape index (κ1) is 15.3. The normalized spacial score (nSPS) is 10.1. The van der Waals surface area contributed by atoms with E-state index in [2.05, 4.69) is 16.9 Å². The lowest BCUT2D eigenvalue weighted by Gasteiger charge is -2.08. The Morgan fingerprint density at radius 1 is 1.10 bits per heavy atom. The summed E-state index contributed by atoms with van der Waals surface area (Å²) >= 11 is 1.69. The zero-order valence-corrected chi connectivity index (χ0v) is 12.7. The fourth-order valence-corrected chi connectivity index (χ4v) is 2.71. The summed E-state index contributed by atoms with van der Waals surface area (Å²) in [5.74, 6) is -0.465. The molecule has 2 rings (SSSR count). The molecule has 0 aliphatic carbocycles. The van der Waals surface area contributed by atoms with Crippen LogP contribution in [0.5, 0.6) is 0 Å². The first-order valence-electron chi connectivity index (χ1n) is 6.84. The number of thiophene rings is 1. The SMILES string of the molecule is Cc1ccccc1C(=O)NNC(=O)CCCc1cccs1. The number of aryl methyl sites for hydroxylation is 2. The Balaban J connectivity index is 1.71. The summed E-state index contributed by atoms with van der Waals surface area (Å²) in [5.41, 5.74) is 6.34. The molecule has 5 heteroatoms. The van der Waals surface area contributed by atoms with Crippen molar-refractivity contribution in [2.45, 2.75) is 26.2 Å². The molecule has 2 aromatic rings. The maximum atomic E-state index is 11.9. The summed E-state index contributed by atoms with van der Waals surface area (Å²) in [4.78, 5) is 24.8.